The maximum atomic E-state index is 4.57. The number of anilines is 2. The standard InChI is InChI=1S/C16H22N4/c1-5-14-19-15(17-4)12(3)16(20-14)18-10-13-8-6-7-11(2)9-13/h6-9H,5,10H2,1-4H3,(H2,17,18,19,20). The van der Waals surface area contributed by atoms with Gasteiger partial charge in [0.05, 0.1) is 0 Å². The van der Waals surface area contributed by atoms with Gasteiger partial charge in [-0.05, 0) is 19.4 Å². The van der Waals surface area contributed by atoms with E-state index in [0.717, 1.165) is 36.0 Å². The summed E-state index contributed by atoms with van der Waals surface area (Å²) in [5, 5.41) is 6.54. The summed E-state index contributed by atoms with van der Waals surface area (Å²) in [6.45, 7) is 6.97. The number of aromatic nitrogens is 2. The first-order valence-corrected chi connectivity index (χ1v) is 6.98. The summed E-state index contributed by atoms with van der Waals surface area (Å²) in [7, 11) is 1.89. The predicted octanol–water partition coefficient (Wildman–Crippen LogP) is 3.31. The fourth-order valence-electron chi connectivity index (χ4n) is 2.14. The van der Waals surface area contributed by atoms with E-state index in [2.05, 4.69) is 58.7 Å². The highest BCUT2D eigenvalue weighted by molar-refractivity contribution is 5.57. The molecule has 0 amide bonds. The largest absolute Gasteiger partial charge is 0.373 e. The normalized spacial score (nSPS) is 10.4. The average molecular weight is 270 g/mol. The zero-order valence-corrected chi connectivity index (χ0v) is 12.6. The summed E-state index contributed by atoms with van der Waals surface area (Å²) in [5.41, 5.74) is 3.58. The van der Waals surface area contributed by atoms with E-state index in [1.54, 1.807) is 0 Å². The zero-order chi connectivity index (χ0) is 14.5. The Bertz CT molecular complexity index is 593. The lowest BCUT2D eigenvalue weighted by molar-refractivity contribution is 0.924. The number of benzene rings is 1. The van der Waals surface area contributed by atoms with Crippen molar-refractivity contribution in [3.8, 4) is 0 Å². The Labute approximate surface area is 120 Å². The monoisotopic (exact) mass is 270 g/mol. The van der Waals surface area contributed by atoms with Gasteiger partial charge in [0, 0.05) is 25.6 Å². The van der Waals surface area contributed by atoms with Gasteiger partial charge in [-0.15, -0.1) is 0 Å². The van der Waals surface area contributed by atoms with Crippen molar-refractivity contribution in [3.63, 3.8) is 0 Å². The lowest BCUT2D eigenvalue weighted by atomic mass is 10.1. The van der Waals surface area contributed by atoms with Crippen LogP contribution >= 0.6 is 0 Å². The fourth-order valence-corrected chi connectivity index (χ4v) is 2.14. The van der Waals surface area contributed by atoms with Crippen molar-refractivity contribution >= 4 is 11.6 Å². The first-order valence-electron chi connectivity index (χ1n) is 6.98. The Balaban J connectivity index is 2.20. The molecule has 0 unspecified atom stereocenters. The Morgan fingerprint density at radius 3 is 2.50 bits per heavy atom. The quantitative estimate of drug-likeness (QED) is 0.875. The Morgan fingerprint density at radius 1 is 1.10 bits per heavy atom. The number of hydrogen-bond donors (Lipinski definition) is 2. The molecule has 4 heteroatoms. The Morgan fingerprint density at radius 2 is 1.85 bits per heavy atom. The van der Waals surface area contributed by atoms with Crippen LogP contribution in [0.4, 0.5) is 11.6 Å². The molecule has 20 heavy (non-hydrogen) atoms. The van der Waals surface area contributed by atoms with Crippen LogP contribution in [0.2, 0.25) is 0 Å². The van der Waals surface area contributed by atoms with Crippen LogP contribution in [0.15, 0.2) is 24.3 Å². The lowest BCUT2D eigenvalue weighted by Crippen LogP contribution is -2.09. The number of aryl methyl sites for hydroxylation is 2. The van der Waals surface area contributed by atoms with E-state index in [4.69, 9.17) is 0 Å². The Kier molecular flexibility index (Phi) is 4.56. The third-order valence-electron chi connectivity index (χ3n) is 3.29. The molecule has 4 nitrogen and oxygen atoms in total. The summed E-state index contributed by atoms with van der Waals surface area (Å²) in [6.07, 6.45) is 0.827. The topological polar surface area (TPSA) is 49.8 Å². The zero-order valence-electron chi connectivity index (χ0n) is 12.6. The van der Waals surface area contributed by atoms with Crippen LogP contribution in [0.5, 0.6) is 0 Å². The lowest BCUT2D eigenvalue weighted by Gasteiger charge is -2.13. The summed E-state index contributed by atoms with van der Waals surface area (Å²) in [5.74, 6) is 2.65. The maximum absolute atomic E-state index is 4.57. The molecule has 2 aromatic rings. The van der Waals surface area contributed by atoms with Crippen molar-refractivity contribution in [1.82, 2.24) is 9.97 Å². The van der Waals surface area contributed by atoms with Crippen molar-refractivity contribution in [2.24, 2.45) is 0 Å². The molecule has 106 valence electrons. The van der Waals surface area contributed by atoms with Crippen LogP contribution in [-0.2, 0) is 13.0 Å². The van der Waals surface area contributed by atoms with E-state index in [9.17, 15) is 0 Å². The number of rotatable bonds is 5. The second kappa shape index (κ2) is 6.37. The van der Waals surface area contributed by atoms with E-state index >= 15 is 0 Å². The summed E-state index contributed by atoms with van der Waals surface area (Å²) in [4.78, 5) is 9.05. The van der Waals surface area contributed by atoms with Crippen LogP contribution < -0.4 is 10.6 Å². The van der Waals surface area contributed by atoms with Crippen LogP contribution in [0, 0.1) is 13.8 Å². The van der Waals surface area contributed by atoms with Crippen LogP contribution in [0.3, 0.4) is 0 Å². The molecule has 0 saturated heterocycles. The summed E-state index contributed by atoms with van der Waals surface area (Å²) >= 11 is 0. The third kappa shape index (κ3) is 3.26. The first kappa shape index (κ1) is 14.3. The molecule has 0 fully saturated rings. The summed E-state index contributed by atoms with van der Waals surface area (Å²) < 4.78 is 0. The van der Waals surface area contributed by atoms with E-state index in [1.165, 1.54) is 11.1 Å². The van der Waals surface area contributed by atoms with E-state index in [-0.39, 0.29) is 0 Å². The smallest absolute Gasteiger partial charge is 0.135 e. The van der Waals surface area contributed by atoms with Crippen LogP contribution in [-0.4, -0.2) is 17.0 Å². The molecule has 0 spiro atoms. The van der Waals surface area contributed by atoms with Crippen molar-refractivity contribution in [2.45, 2.75) is 33.7 Å². The minimum atomic E-state index is 0.770. The molecule has 1 heterocycles. The van der Waals surface area contributed by atoms with Crippen LogP contribution in [0.25, 0.3) is 0 Å². The third-order valence-corrected chi connectivity index (χ3v) is 3.29. The average Bonchev–Trinajstić information content (AvgIpc) is 2.46. The highest BCUT2D eigenvalue weighted by atomic mass is 15.1. The highest BCUT2D eigenvalue weighted by Crippen LogP contribution is 2.20. The molecular formula is C16H22N4. The first-order chi connectivity index (χ1) is 9.63. The molecule has 0 bridgehead atoms. The molecule has 0 aliphatic carbocycles. The molecule has 2 rings (SSSR count). The van der Waals surface area contributed by atoms with Gasteiger partial charge >= 0.3 is 0 Å². The SMILES string of the molecule is CCc1nc(NC)c(C)c(NCc2cccc(C)c2)n1. The molecule has 0 aliphatic heterocycles. The maximum Gasteiger partial charge on any atom is 0.135 e. The van der Waals surface area contributed by atoms with Gasteiger partial charge in [-0.1, -0.05) is 36.8 Å². The predicted molar refractivity (Wildman–Crippen MR) is 84.2 cm³/mol. The second-order valence-electron chi connectivity index (χ2n) is 4.91. The molecule has 1 aromatic heterocycles. The molecular weight excluding hydrogens is 248 g/mol. The highest BCUT2D eigenvalue weighted by Gasteiger charge is 2.08. The van der Waals surface area contributed by atoms with E-state index in [0.29, 0.717) is 0 Å². The van der Waals surface area contributed by atoms with Gasteiger partial charge in [-0.3, -0.25) is 0 Å². The van der Waals surface area contributed by atoms with E-state index in [1.807, 2.05) is 14.0 Å². The fraction of sp³-hybridized carbons (Fsp3) is 0.375. The van der Waals surface area contributed by atoms with Crippen molar-refractivity contribution < 1.29 is 0 Å². The van der Waals surface area contributed by atoms with Crippen LogP contribution in [0.1, 0.15) is 29.4 Å². The van der Waals surface area contributed by atoms with E-state index < -0.39 is 0 Å². The molecule has 2 N–H and O–H groups in total. The number of nitrogens with one attached hydrogen (secondary N) is 2. The van der Waals surface area contributed by atoms with Gasteiger partial charge in [0.1, 0.15) is 17.5 Å². The molecule has 0 saturated carbocycles. The number of hydrogen-bond acceptors (Lipinski definition) is 4. The van der Waals surface area contributed by atoms with Gasteiger partial charge in [-0.25, -0.2) is 9.97 Å². The van der Waals surface area contributed by atoms with Crippen molar-refractivity contribution in [2.75, 3.05) is 17.7 Å². The Hall–Kier alpha value is -2.10. The second-order valence-corrected chi connectivity index (χ2v) is 4.91. The van der Waals surface area contributed by atoms with Gasteiger partial charge in [0.2, 0.25) is 0 Å². The molecule has 0 aliphatic rings. The van der Waals surface area contributed by atoms with Gasteiger partial charge < -0.3 is 10.6 Å². The molecule has 0 atom stereocenters. The van der Waals surface area contributed by atoms with Crippen molar-refractivity contribution in [3.05, 3.63) is 46.8 Å². The van der Waals surface area contributed by atoms with Gasteiger partial charge in [-0.2, -0.15) is 0 Å². The molecule has 1 aromatic carbocycles. The molecule has 0 radical (unpaired) electrons. The minimum absolute atomic E-state index is 0.770. The van der Waals surface area contributed by atoms with Gasteiger partial charge in [0.15, 0.2) is 0 Å². The minimum Gasteiger partial charge on any atom is -0.373 e. The summed E-state index contributed by atoms with van der Waals surface area (Å²) in [6, 6.07) is 8.49. The number of nitrogens with zero attached hydrogens (tertiary/aromatic N) is 2. The van der Waals surface area contributed by atoms with Gasteiger partial charge in [0.25, 0.3) is 0 Å². The van der Waals surface area contributed by atoms with Crippen molar-refractivity contribution in [1.29, 1.82) is 0 Å².